The normalized spacial score (nSPS) is 11.4. The second kappa shape index (κ2) is 9.89. The predicted octanol–water partition coefficient (Wildman–Crippen LogP) is 4.19. The summed E-state index contributed by atoms with van der Waals surface area (Å²) >= 11 is 5.85. The maximum absolute atomic E-state index is 13.1. The third-order valence-electron chi connectivity index (χ3n) is 4.66. The number of sulfonamides is 1. The number of halogens is 1. The van der Waals surface area contributed by atoms with Crippen molar-refractivity contribution < 1.29 is 13.2 Å². The van der Waals surface area contributed by atoms with Gasteiger partial charge in [-0.2, -0.15) is 4.31 Å². The first-order valence-electron chi connectivity index (χ1n) is 9.44. The SMILES string of the molecule is CN(CC(=O)N(Cc1ccccc1)Cc1ccccc1)S(=O)(=O)c1ccc(Cl)cc1. The maximum atomic E-state index is 13.1. The van der Waals surface area contributed by atoms with E-state index in [2.05, 4.69) is 0 Å². The molecule has 3 aromatic rings. The van der Waals surface area contributed by atoms with E-state index in [0.29, 0.717) is 18.1 Å². The molecule has 30 heavy (non-hydrogen) atoms. The fourth-order valence-corrected chi connectivity index (χ4v) is 4.25. The Balaban J connectivity index is 1.78. The summed E-state index contributed by atoms with van der Waals surface area (Å²) in [5.74, 6) is -0.275. The molecule has 0 aliphatic heterocycles. The lowest BCUT2D eigenvalue weighted by Gasteiger charge is -2.26. The van der Waals surface area contributed by atoms with E-state index in [1.165, 1.54) is 31.3 Å². The van der Waals surface area contributed by atoms with E-state index >= 15 is 0 Å². The van der Waals surface area contributed by atoms with Gasteiger partial charge in [0, 0.05) is 25.2 Å². The van der Waals surface area contributed by atoms with Crippen LogP contribution in [0.3, 0.4) is 0 Å². The molecule has 3 aromatic carbocycles. The van der Waals surface area contributed by atoms with Crippen LogP contribution in [0.4, 0.5) is 0 Å². The van der Waals surface area contributed by atoms with Crippen molar-refractivity contribution in [3.05, 3.63) is 101 Å². The van der Waals surface area contributed by atoms with Gasteiger partial charge in [-0.15, -0.1) is 0 Å². The molecule has 1 amide bonds. The molecule has 0 radical (unpaired) electrons. The minimum absolute atomic E-state index is 0.0971. The molecule has 156 valence electrons. The van der Waals surface area contributed by atoms with E-state index in [9.17, 15) is 13.2 Å². The molecule has 0 fully saturated rings. The summed E-state index contributed by atoms with van der Waals surface area (Å²) < 4.78 is 26.7. The molecule has 0 atom stereocenters. The van der Waals surface area contributed by atoms with Crippen LogP contribution < -0.4 is 0 Å². The Labute approximate surface area is 182 Å². The Morgan fingerprint density at radius 1 is 0.800 bits per heavy atom. The Hall–Kier alpha value is -2.67. The summed E-state index contributed by atoms with van der Waals surface area (Å²) in [6.07, 6.45) is 0. The van der Waals surface area contributed by atoms with Crippen LogP contribution in [0.2, 0.25) is 5.02 Å². The molecule has 0 aliphatic rings. The summed E-state index contributed by atoms with van der Waals surface area (Å²) in [4.78, 5) is 14.9. The molecular formula is C23H23ClN2O3S. The predicted molar refractivity (Wildman–Crippen MR) is 118 cm³/mol. The third-order valence-corrected chi connectivity index (χ3v) is 6.73. The monoisotopic (exact) mass is 442 g/mol. The molecule has 0 spiro atoms. The summed E-state index contributed by atoms with van der Waals surface area (Å²) in [5, 5.41) is 0.449. The van der Waals surface area contributed by atoms with Crippen LogP contribution in [0.25, 0.3) is 0 Å². The lowest BCUT2D eigenvalue weighted by atomic mass is 10.1. The molecule has 5 nitrogen and oxygen atoms in total. The van der Waals surface area contributed by atoms with Crippen molar-refractivity contribution in [3.63, 3.8) is 0 Å². The van der Waals surface area contributed by atoms with Crippen molar-refractivity contribution in [1.82, 2.24) is 9.21 Å². The lowest BCUT2D eigenvalue weighted by molar-refractivity contribution is -0.132. The molecule has 0 N–H and O–H groups in total. The minimum atomic E-state index is -3.80. The second-order valence-corrected chi connectivity index (χ2v) is 9.42. The zero-order valence-electron chi connectivity index (χ0n) is 16.6. The second-order valence-electron chi connectivity index (χ2n) is 6.94. The van der Waals surface area contributed by atoms with Crippen LogP contribution in [-0.4, -0.2) is 37.1 Å². The molecule has 0 unspecified atom stereocenters. The van der Waals surface area contributed by atoms with E-state index in [0.717, 1.165) is 15.4 Å². The first-order valence-corrected chi connectivity index (χ1v) is 11.3. The number of rotatable bonds is 8. The van der Waals surface area contributed by atoms with Gasteiger partial charge in [-0.3, -0.25) is 4.79 Å². The van der Waals surface area contributed by atoms with Gasteiger partial charge >= 0.3 is 0 Å². The van der Waals surface area contributed by atoms with Crippen LogP contribution in [0.5, 0.6) is 0 Å². The number of benzene rings is 3. The Morgan fingerprint density at radius 3 is 1.73 bits per heavy atom. The molecule has 0 aliphatic carbocycles. The zero-order valence-corrected chi connectivity index (χ0v) is 18.2. The highest BCUT2D eigenvalue weighted by Crippen LogP contribution is 2.18. The highest BCUT2D eigenvalue weighted by molar-refractivity contribution is 7.89. The topological polar surface area (TPSA) is 57.7 Å². The van der Waals surface area contributed by atoms with Crippen molar-refractivity contribution in [2.75, 3.05) is 13.6 Å². The highest BCUT2D eigenvalue weighted by Gasteiger charge is 2.25. The molecule has 7 heteroatoms. The number of carbonyl (C=O) groups excluding carboxylic acids is 1. The summed E-state index contributed by atoms with van der Waals surface area (Å²) in [5.41, 5.74) is 1.95. The summed E-state index contributed by atoms with van der Waals surface area (Å²) in [6, 6.07) is 25.2. The van der Waals surface area contributed by atoms with Gasteiger partial charge in [0.2, 0.25) is 15.9 Å². The smallest absolute Gasteiger partial charge is 0.243 e. The van der Waals surface area contributed by atoms with Gasteiger partial charge < -0.3 is 4.90 Å². The van der Waals surface area contributed by atoms with Gasteiger partial charge in [0.05, 0.1) is 11.4 Å². The lowest BCUT2D eigenvalue weighted by Crippen LogP contribution is -2.40. The van der Waals surface area contributed by atoms with Crippen molar-refractivity contribution in [3.8, 4) is 0 Å². The Kier molecular flexibility index (Phi) is 7.26. The first-order chi connectivity index (χ1) is 14.4. The number of likely N-dealkylation sites (N-methyl/N-ethyl adjacent to an activating group) is 1. The van der Waals surface area contributed by atoms with Crippen LogP contribution in [0, 0.1) is 0 Å². The molecule has 0 aromatic heterocycles. The fraction of sp³-hybridized carbons (Fsp3) is 0.174. The third kappa shape index (κ3) is 5.69. The minimum Gasteiger partial charge on any atom is -0.333 e. The van der Waals surface area contributed by atoms with Crippen molar-refractivity contribution in [2.24, 2.45) is 0 Å². The molecule has 3 rings (SSSR count). The number of hydrogen-bond acceptors (Lipinski definition) is 3. The van der Waals surface area contributed by atoms with E-state index in [1.807, 2.05) is 60.7 Å². The van der Waals surface area contributed by atoms with E-state index in [-0.39, 0.29) is 17.3 Å². The van der Waals surface area contributed by atoms with Gasteiger partial charge in [0.15, 0.2) is 0 Å². The molecule has 0 heterocycles. The van der Waals surface area contributed by atoms with Crippen molar-refractivity contribution in [2.45, 2.75) is 18.0 Å². The number of carbonyl (C=O) groups is 1. The largest absolute Gasteiger partial charge is 0.333 e. The van der Waals surface area contributed by atoms with Crippen LogP contribution in [0.1, 0.15) is 11.1 Å². The molecular weight excluding hydrogens is 420 g/mol. The number of hydrogen-bond donors (Lipinski definition) is 0. The summed E-state index contributed by atoms with van der Waals surface area (Å²) in [7, 11) is -2.40. The molecule has 0 bridgehead atoms. The van der Waals surface area contributed by atoms with Gasteiger partial charge in [0.25, 0.3) is 0 Å². The van der Waals surface area contributed by atoms with E-state index in [4.69, 9.17) is 11.6 Å². The highest BCUT2D eigenvalue weighted by atomic mass is 35.5. The van der Waals surface area contributed by atoms with Gasteiger partial charge in [-0.05, 0) is 35.4 Å². The van der Waals surface area contributed by atoms with Gasteiger partial charge in [-0.1, -0.05) is 72.3 Å². The first kappa shape index (κ1) is 22.0. The van der Waals surface area contributed by atoms with Gasteiger partial charge in [0.1, 0.15) is 0 Å². The van der Waals surface area contributed by atoms with Crippen molar-refractivity contribution >= 4 is 27.5 Å². The quantitative estimate of drug-likeness (QED) is 0.525. The maximum Gasteiger partial charge on any atom is 0.243 e. The van der Waals surface area contributed by atoms with Crippen LogP contribution >= 0.6 is 11.6 Å². The average Bonchev–Trinajstić information content (AvgIpc) is 2.75. The fourth-order valence-electron chi connectivity index (χ4n) is 3.00. The van der Waals surface area contributed by atoms with Crippen LogP contribution in [0.15, 0.2) is 89.8 Å². The standard InChI is InChI=1S/C23H23ClN2O3S/c1-25(30(28,29)22-14-12-21(24)13-15-22)18-23(27)26(16-19-8-4-2-5-9-19)17-20-10-6-3-7-11-20/h2-15H,16-18H2,1H3. The number of amides is 1. The van der Waals surface area contributed by atoms with Crippen LogP contribution in [-0.2, 0) is 27.9 Å². The number of nitrogens with zero attached hydrogens (tertiary/aromatic N) is 2. The molecule has 0 saturated heterocycles. The average molecular weight is 443 g/mol. The Bertz CT molecular complexity index is 1030. The van der Waals surface area contributed by atoms with Gasteiger partial charge in [-0.25, -0.2) is 8.42 Å². The van der Waals surface area contributed by atoms with E-state index < -0.39 is 10.0 Å². The van der Waals surface area contributed by atoms with E-state index in [1.54, 1.807) is 4.90 Å². The molecule has 0 saturated carbocycles. The Morgan fingerprint density at radius 2 is 1.27 bits per heavy atom. The zero-order chi connectivity index (χ0) is 21.6. The summed E-state index contributed by atoms with van der Waals surface area (Å²) in [6.45, 7) is 0.525. The van der Waals surface area contributed by atoms with Crippen molar-refractivity contribution in [1.29, 1.82) is 0 Å².